The van der Waals surface area contributed by atoms with Crippen molar-refractivity contribution in [3.05, 3.63) is 0 Å². The van der Waals surface area contributed by atoms with Crippen LogP contribution in [0.3, 0.4) is 0 Å². The summed E-state index contributed by atoms with van der Waals surface area (Å²) in [6.45, 7) is 9.51. The SMILES string of the molecule is CC(C)Cn1c(SC(C)C(=O)NC(N)=O)nnc1N1CCOCC1. The maximum Gasteiger partial charge on any atom is 0.318 e. The van der Waals surface area contributed by atoms with Crippen LogP contribution in [0.5, 0.6) is 0 Å². The Morgan fingerprint density at radius 1 is 1.29 bits per heavy atom. The second kappa shape index (κ2) is 8.34. The zero-order valence-corrected chi connectivity index (χ0v) is 15.0. The lowest BCUT2D eigenvalue weighted by Crippen LogP contribution is -2.39. The number of hydrogen-bond acceptors (Lipinski definition) is 7. The van der Waals surface area contributed by atoms with E-state index in [-0.39, 0.29) is 0 Å². The van der Waals surface area contributed by atoms with Gasteiger partial charge in [-0.05, 0) is 12.8 Å². The molecule has 9 nitrogen and oxygen atoms in total. The summed E-state index contributed by atoms with van der Waals surface area (Å²) in [6, 6.07) is -0.856. The molecule has 1 saturated heterocycles. The van der Waals surface area contributed by atoms with Crippen molar-refractivity contribution in [3.8, 4) is 0 Å². The number of urea groups is 1. The van der Waals surface area contributed by atoms with Gasteiger partial charge < -0.3 is 15.4 Å². The molecule has 0 aromatic carbocycles. The largest absolute Gasteiger partial charge is 0.378 e. The molecule has 1 aliphatic heterocycles. The standard InChI is InChI=1S/C14H24N6O3S/c1-9(2)8-20-13(19-4-6-23-7-5-19)17-18-14(20)24-10(3)11(21)16-12(15)22/h9-10H,4-8H2,1-3H3,(H3,15,16,21,22). The number of imide groups is 1. The number of nitrogens with one attached hydrogen (secondary N) is 1. The lowest BCUT2D eigenvalue weighted by atomic mass is 10.2. The van der Waals surface area contributed by atoms with Gasteiger partial charge in [-0.3, -0.25) is 14.7 Å². The summed E-state index contributed by atoms with van der Waals surface area (Å²) < 4.78 is 7.40. The van der Waals surface area contributed by atoms with Gasteiger partial charge in [0, 0.05) is 19.6 Å². The second-order valence-corrected chi connectivity index (χ2v) is 7.31. The summed E-state index contributed by atoms with van der Waals surface area (Å²) in [5.41, 5.74) is 4.99. The number of nitrogens with zero attached hydrogens (tertiary/aromatic N) is 4. The Hall–Kier alpha value is -1.81. The predicted molar refractivity (Wildman–Crippen MR) is 90.9 cm³/mol. The molecule has 2 heterocycles. The summed E-state index contributed by atoms with van der Waals surface area (Å²) in [5.74, 6) is 0.742. The first-order valence-electron chi connectivity index (χ1n) is 7.91. The number of thioether (sulfide) groups is 1. The number of amides is 3. The van der Waals surface area contributed by atoms with Gasteiger partial charge in [-0.2, -0.15) is 0 Å². The van der Waals surface area contributed by atoms with E-state index in [0.29, 0.717) is 24.3 Å². The van der Waals surface area contributed by atoms with Crippen molar-refractivity contribution in [2.24, 2.45) is 11.7 Å². The Morgan fingerprint density at radius 3 is 2.54 bits per heavy atom. The highest BCUT2D eigenvalue weighted by Crippen LogP contribution is 2.27. The van der Waals surface area contributed by atoms with Crippen LogP contribution in [-0.2, 0) is 16.1 Å². The minimum absolute atomic E-state index is 0.398. The van der Waals surface area contributed by atoms with Crippen LogP contribution in [0.1, 0.15) is 20.8 Å². The zero-order valence-electron chi connectivity index (χ0n) is 14.2. The van der Waals surface area contributed by atoms with E-state index in [1.165, 1.54) is 11.8 Å². The summed E-state index contributed by atoms with van der Waals surface area (Å²) in [5, 5.41) is 10.8. The molecule has 0 saturated carbocycles. The molecule has 1 aromatic heterocycles. The molecule has 0 spiro atoms. The van der Waals surface area contributed by atoms with Gasteiger partial charge in [-0.1, -0.05) is 25.6 Å². The lowest BCUT2D eigenvalue weighted by Gasteiger charge is -2.28. The fourth-order valence-corrected chi connectivity index (χ4v) is 3.18. The smallest absolute Gasteiger partial charge is 0.318 e. The molecule has 1 aromatic rings. The molecule has 3 N–H and O–H groups in total. The van der Waals surface area contributed by atoms with Crippen LogP contribution < -0.4 is 16.0 Å². The molecule has 0 bridgehead atoms. The molecule has 3 amide bonds. The van der Waals surface area contributed by atoms with Crippen LogP contribution in [0, 0.1) is 5.92 Å². The maximum absolute atomic E-state index is 11.9. The highest BCUT2D eigenvalue weighted by atomic mass is 32.2. The van der Waals surface area contributed by atoms with Crippen molar-refractivity contribution >= 4 is 29.6 Å². The van der Waals surface area contributed by atoms with Crippen LogP contribution in [-0.4, -0.2) is 58.3 Å². The minimum Gasteiger partial charge on any atom is -0.378 e. The van der Waals surface area contributed by atoms with E-state index < -0.39 is 17.2 Å². The topological polar surface area (TPSA) is 115 Å². The average Bonchev–Trinajstić information content (AvgIpc) is 2.89. The molecule has 10 heteroatoms. The van der Waals surface area contributed by atoms with Crippen molar-refractivity contribution < 1.29 is 14.3 Å². The molecule has 24 heavy (non-hydrogen) atoms. The van der Waals surface area contributed by atoms with Gasteiger partial charge in [0.25, 0.3) is 0 Å². The highest BCUT2D eigenvalue weighted by Gasteiger charge is 2.24. The van der Waals surface area contributed by atoms with E-state index in [2.05, 4.69) is 34.3 Å². The number of anilines is 1. The van der Waals surface area contributed by atoms with Crippen molar-refractivity contribution in [3.63, 3.8) is 0 Å². The van der Waals surface area contributed by atoms with Crippen LogP contribution in [0.25, 0.3) is 0 Å². The number of carbonyl (C=O) groups is 2. The summed E-state index contributed by atoms with van der Waals surface area (Å²) in [4.78, 5) is 24.8. The molecular weight excluding hydrogens is 332 g/mol. The third-order valence-corrected chi connectivity index (χ3v) is 4.52. The fourth-order valence-electron chi connectivity index (χ4n) is 2.33. The molecule has 2 rings (SSSR count). The fraction of sp³-hybridized carbons (Fsp3) is 0.714. The first kappa shape index (κ1) is 18.5. The van der Waals surface area contributed by atoms with E-state index in [1.807, 2.05) is 4.57 Å². The first-order valence-corrected chi connectivity index (χ1v) is 8.79. The molecule has 1 atom stereocenters. The summed E-state index contributed by atoms with van der Waals surface area (Å²) in [7, 11) is 0. The average molecular weight is 356 g/mol. The van der Waals surface area contributed by atoms with Crippen LogP contribution >= 0.6 is 11.8 Å². The Morgan fingerprint density at radius 2 is 1.96 bits per heavy atom. The quantitative estimate of drug-likeness (QED) is 0.711. The first-order chi connectivity index (χ1) is 11.4. The van der Waals surface area contributed by atoms with Crippen molar-refractivity contribution in [1.29, 1.82) is 0 Å². The molecule has 0 radical (unpaired) electrons. The Kier molecular flexibility index (Phi) is 6.44. The highest BCUT2D eigenvalue weighted by molar-refractivity contribution is 8.00. The molecule has 134 valence electrons. The lowest BCUT2D eigenvalue weighted by molar-refractivity contribution is -0.119. The zero-order chi connectivity index (χ0) is 17.7. The Bertz CT molecular complexity index is 585. The predicted octanol–water partition coefficient (Wildman–Crippen LogP) is 0.446. The number of aromatic nitrogens is 3. The maximum atomic E-state index is 11.9. The van der Waals surface area contributed by atoms with E-state index in [4.69, 9.17) is 10.5 Å². The van der Waals surface area contributed by atoms with Gasteiger partial charge in [0.2, 0.25) is 11.9 Å². The molecule has 1 fully saturated rings. The normalized spacial score (nSPS) is 16.2. The number of morpholine rings is 1. The molecule has 1 aliphatic rings. The van der Waals surface area contributed by atoms with E-state index in [9.17, 15) is 9.59 Å². The second-order valence-electron chi connectivity index (χ2n) is 6.00. The number of primary amides is 1. The van der Waals surface area contributed by atoms with Crippen molar-refractivity contribution in [2.75, 3.05) is 31.2 Å². The number of hydrogen-bond donors (Lipinski definition) is 2. The molecule has 0 aliphatic carbocycles. The Labute approximate surface area is 145 Å². The van der Waals surface area contributed by atoms with E-state index >= 15 is 0 Å². The number of ether oxygens (including phenoxy) is 1. The number of nitrogens with two attached hydrogens (primary N) is 1. The Balaban J connectivity index is 2.17. The van der Waals surface area contributed by atoms with Crippen LogP contribution in [0.15, 0.2) is 5.16 Å². The summed E-state index contributed by atoms with van der Waals surface area (Å²) in [6.07, 6.45) is 0. The van der Waals surface area contributed by atoms with Gasteiger partial charge >= 0.3 is 6.03 Å². The molecular formula is C14H24N6O3S. The van der Waals surface area contributed by atoms with E-state index in [0.717, 1.165) is 25.6 Å². The summed E-state index contributed by atoms with van der Waals surface area (Å²) >= 11 is 1.26. The van der Waals surface area contributed by atoms with Gasteiger partial charge in [-0.25, -0.2) is 4.79 Å². The monoisotopic (exact) mass is 356 g/mol. The van der Waals surface area contributed by atoms with Gasteiger partial charge in [-0.15, -0.1) is 10.2 Å². The van der Waals surface area contributed by atoms with Gasteiger partial charge in [0.05, 0.1) is 18.5 Å². The third kappa shape index (κ3) is 4.84. The van der Waals surface area contributed by atoms with Gasteiger partial charge in [0.1, 0.15) is 0 Å². The number of carbonyl (C=O) groups excluding carboxylic acids is 2. The van der Waals surface area contributed by atoms with Crippen LogP contribution in [0.2, 0.25) is 0 Å². The van der Waals surface area contributed by atoms with Crippen LogP contribution in [0.4, 0.5) is 10.7 Å². The number of rotatable bonds is 6. The third-order valence-electron chi connectivity index (χ3n) is 3.44. The molecule has 1 unspecified atom stereocenters. The van der Waals surface area contributed by atoms with Crippen molar-refractivity contribution in [1.82, 2.24) is 20.1 Å². The van der Waals surface area contributed by atoms with E-state index in [1.54, 1.807) is 6.92 Å². The minimum atomic E-state index is -0.856. The van der Waals surface area contributed by atoms with Crippen molar-refractivity contribution in [2.45, 2.75) is 37.7 Å². The van der Waals surface area contributed by atoms with Gasteiger partial charge in [0.15, 0.2) is 5.16 Å².